The van der Waals surface area contributed by atoms with Gasteiger partial charge in [-0.2, -0.15) is 0 Å². The minimum atomic E-state index is -3.87. The zero-order valence-corrected chi connectivity index (χ0v) is 23.4. The smallest absolute Gasteiger partial charge is 0.328 e. The highest BCUT2D eigenvalue weighted by Gasteiger charge is 2.25. The second-order valence-electron chi connectivity index (χ2n) is 9.60. The molecule has 0 spiro atoms. The third-order valence-electron chi connectivity index (χ3n) is 6.33. The van der Waals surface area contributed by atoms with Crippen molar-refractivity contribution in [2.75, 3.05) is 6.54 Å². The normalized spacial score (nSPS) is 13.1. The average molecular weight is 623 g/mol. The van der Waals surface area contributed by atoms with Gasteiger partial charge in [0.15, 0.2) is 12.1 Å². The third-order valence-corrected chi connectivity index (χ3v) is 7.26. The molecule has 0 bridgehead atoms. The highest BCUT2D eigenvalue weighted by Crippen LogP contribution is 2.18. The molecule has 6 N–H and O–H groups in total. The van der Waals surface area contributed by atoms with Crippen molar-refractivity contribution in [2.24, 2.45) is 5.14 Å². The van der Waals surface area contributed by atoms with Crippen LogP contribution in [0.1, 0.15) is 54.7 Å². The Hall–Kier alpha value is -4.75. The molecule has 2 atom stereocenters. The van der Waals surface area contributed by atoms with Crippen LogP contribution in [0.25, 0.3) is 0 Å². The van der Waals surface area contributed by atoms with Crippen LogP contribution in [0.5, 0.6) is 0 Å². The molecule has 0 aliphatic heterocycles. The number of hydrogen-bond acceptors (Lipinski definition) is 11. The Balaban J connectivity index is 1.81. The molecule has 1 aromatic carbocycles. The van der Waals surface area contributed by atoms with Crippen LogP contribution in [0.4, 0.5) is 0 Å². The molecule has 3 rings (SSSR count). The lowest BCUT2D eigenvalue weighted by atomic mass is 10.1. The van der Waals surface area contributed by atoms with Crippen LogP contribution >= 0.6 is 0 Å². The second-order valence-corrected chi connectivity index (χ2v) is 11.2. The van der Waals surface area contributed by atoms with Crippen LogP contribution in [0, 0.1) is 0 Å². The summed E-state index contributed by atoms with van der Waals surface area (Å²) in [4.78, 5) is 47.0. The number of aromatic nitrogens is 6. The number of sulfonamides is 1. The van der Waals surface area contributed by atoms with Crippen molar-refractivity contribution in [2.45, 2.75) is 62.2 Å². The van der Waals surface area contributed by atoms with E-state index in [2.05, 4.69) is 20.6 Å². The number of carboxylic acids is 4. The molecular weight excluding hydrogens is 592 g/mol. The summed E-state index contributed by atoms with van der Waals surface area (Å²) in [5.74, 6) is -4.86. The summed E-state index contributed by atoms with van der Waals surface area (Å²) < 4.78 is 25.3. The quantitative estimate of drug-likeness (QED) is 0.122. The van der Waals surface area contributed by atoms with Crippen LogP contribution in [0.3, 0.4) is 0 Å². The number of nitrogens with zero attached hydrogens (tertiary/aromatic N) is 7. The summed E-state index contributed by atoms with van der Waals surface area (Å²) in [7, 11) is -3.87. The predicted octanol–water partition coefficient (Wildman–Crippen LogP) is -0.257. The Bertz CT molecular complexity index is 1480. The molecule has 0 saturated heterocycles. The summed E-state index contributed by atoms with van der Waals surface area (Å²) >= 11 is 0. The zero-order valence-electron chi connectivity index (χ0n) is 22.6. The molecule has 3 aromatic rings. The number of hydrogen-bond donors (Lipinski definition) is 5. The molecule has 0 fully saturated rings. The van der Waals surface area contributed by atoms with Crippen LogP contribution in [0.2, 0.25) is 0 Å². The minimum Gasteiger partial charge on any atom is -0.481 e. The lowest BCUT2D eigenvalue weighted by molar-refractivity contribution is -0.144. The van der Waals surface area contributed by atoms with Gasteiger partial charge in [0.05, 0.1) is 28.7 Å². The summed E-state index contributed by atoms with van der Waals surface area (Å²) in [6.45, 7) is 0.584. The van der Waals surface area contributed by atoms with E-state index in [4.69, 9.17) is 15.4 Å². The second kappa shape index (κ2) is 14.4. The lowest BCUT2D eigenvalue weighted by Crippen LogP contribution is -2.26. The fourth-order valence-electron chi connectivity index (χ4n) is 4.14. The van der Waals surface area contributed by atoms with Crippen molar-refractivity contribution >= 4 is 33.9 Å². The molecule has 19 heteroatoms. The lowest BCUT2D eigenvalue weighted by Gasteiger charge is -2.20. The molecule has 2 aromatic heterocycles. The first-order chi connectivity index (χ1) is 20.2. The fourth-order valence-corrected chi connectivity index (χ4v) is 4.66. The van der Waals surface area contributed by atoms with Gasteiger partial charge in [0.1, 0.15) is 0 Å². The largest absolute Gasteiger partial charge is 0.481 e. The van der Waals surface area contributed by atoms with Gasteiger partial charge in [-0.25, -0.2) is 32.5 Å². The number of rotatable bonds is 18. The molecule has 0 radical (unpaired) electrons. The van der Waals surface area contributed by atoms with Crippen molar-refractivity contribution < 1.29 is 48.0 Å². The number of benzene rings is 1. The van der Waals surface area contributed by atoms with Gasteiger partial charge >= 0.3 is 23.9 Å². The molecule has 0 aliphatic carbocycles. The van der Waals surface area contributed by atoms with E-state index in [1.165, 1.54) is 24.5 Å². The Labute approximate surface area is 244 Å². The van der Waals surface area contributed by atoms with E-state index in [1.807, 2.05) is 4.90 Å². The third kappa shape index (κ3) is 9.94. The first kappa shape index (κ1) is 32.8. The number of primary sulfonamides is 1. The number of aliphatic carboxylic acids is 4. The van der Waals surface area contributed by atoms with E-state index in [9.17, 15) is 37.8 Å². The molecule has 0 aliphatic rings. The van der Waals surface area contributed by atoms with E-state index in [0.717, 1.165) is 14.9 Å². The van der Waals surface area contributed by atoms with E-state index < -0.39 is 46.0 Å². The maximum atomic E-state index is 11.7. The van der Waals surface area contributed by atoms with Gasteiger partial charge in [-0.3, -0.25) is 14.5 Å². The van der Waals surface area contributed by atoms with E-state index >= 15 is 0 Å². The standard InChI is InChI=1S/C24H30N8O10S/c25-43(41,42)18-3-1-15(2-4-18)9-10-30(11-16-13-31(28-26-16)19(23(37)38)5-7-21(33)34)12-17-14-32(29-27-17)20(24(39)40)6-8-22(35)36/h1-4,13-14,19-20H,5-12H2,(H,33,34)(H,35,36)(H,37,38)(H,39,40)(H2,25,41,42)/t19-,20-/m0/s1. The minimum absolute atomic E-state index is 0.0481. The SMILES string of the molecule is NS(=O)(=O)c1ccc(CCN(Cc2cn([C@@H](CCC(=O)O)C(=O)O)nn2)Cc2cn([C@@H](CCC(=O)O)C(=O)O)nn2)cc1. The highest BCUT2D eigenvalue weighted by atomic mass is 32.2. The predicted molar refractivity (Wildman–Crippen MR) is 143 cm³/mol. The average Bonchev–Trinajstić information content (AvgIpc) is 3.56. The molecule has 0 unspecified atom stereocenters. The van der Waals surface area contributed by atoms with Crippen molar-refractivity contribution in [1.29, 1.82) is 0 Å². The van der Waals surface area contributed by atoms with Gasteiger partial charge in [-0.1, -0.05) is 22.6 Å². The summed E-state index contributed by atoms with van der Waals surface area (Å²) in [6.07, 6.45) is 2.00. The molecule has 2 heterocycles. The number of carbonyl (C=O) groups is 4. The Morgan fingerprint density at radius 2 is 1.23 bits per heavy atom. The molecular formula is C24H30N8O10S. The molecule has 0 amide bonds. The van der Waals surface area contributed by atoms with Crippen LogP contribution < -0.4 is 5.14 Å². The van der Waals surface area contributed by atoms with Crippen molar-refractivity contribution in [1.82, 2.24) is 34.9 Å². The van der Waals surface area contributed by atoms with Gasteiger partial charge in [0.2, 0.25) is 10.0 Å². The fraction of sp³-hybridized carbons (Fsp3) is 0.417. The monoisotopic (exact) mass is 622 g/mol. The van der Waals surface area contributed by atoms with E-state index in [-0.39, 0.29) is 43.7 Å². The number of nitrogens with two attached hydrogens (primary N) is 1. The maximum absolute atomic E-state index is 11.7. The molecule has 232 valence electrons. The van der Waals surface area contributed by atoms with Crippen LogP contribution in [0.15, 0.2) is 41.6 Å². The molecule has 0 saturated carbocycles. The van der Waals surface area contributed by atoms with Gasteiger partial charge in [-0.05, 0) is 37.0 Å². The van der Waals surface area contributed by atoms with Gasteiger partial charge < -0.3 is 20.4 Å². The van der Waals surface area contributed by atoms with Crippen molar-refractivity contribution in [3.05, 3.63) is 53.6 Å². The Morgan fingerprint density at radius 3 is 1.60 bits per heavy atom. The molecule has 18 nitrogen and oxygen atoms in total. The van der Waals surface area contributed by atoms with Gasteiger partial charge in [0.25, 0.3) is 0 Å². The first-order valence-corrected chi connectivity index (χ1v) is 14.3. The summed E-state index contributed by atoms with van der Waals surface area (Å²) in [6, 6.07) is 3.45. The maximum Gasteiger partial charge on any atom is 0.328 e. The summed E-state index contributed by atoms with van der Waals surface area (Å²) in [5, 5.41) is 57.8. The molecule has 43 heavy (non-hydrogen) atoms. The van der Waals surface area contributed by atoms with Gasteiger partial charge in [0, 0.05) is 32.5 Å². The first-order valence-electron chi connectivity index (χ1n) is 12.8. The van der Waals surface area contributed by atoms with E-state index in [0.29, 0.717) is 24.4 Å². The highest BCUT2D eigenvalue weighted by molar-refractivity contribution is 7.89. The summed E-state index contributed by atoms with van der Waals surface area (Å²) in [5.41, 5.74) is 1.47. The Kier molecular flexibility index (Phi) is 11.0. The van der Waals surface area contributed by atoms with Crippen LogP contribution in [-0.2, 0) is 48.7 Å². The Morgan fingerprint density at radius 1 is 0.791 bits per heavy atom. The van der Waals surface area contributed by atoms with Crippen molar-refractivity contribution in [3.63, 3.8) is 0 Å². The number of carboxylic acid groups (broad SMARTS) is 4. The van der Waals surface area contributed by atoms with Gasteiger partial charge in [-0.15, -0.1) is 10.2 Å². The zero-order chi connectivity index (χ0) is 31.7. The van der Waals surface area contributed by atoms with E-state index in [1.54, 1.807) is 12.1 Å². The van der Waals surface area contributed by atoms with Crippen molar-refractivity contribution in [3.8, 4) is 0 Å². The topological polar surface area (TPSA) is 274 Å². The van der Waals surface area contributed by atoms with Crippen LogP contribution in [-0.4, -0.2) is 94.2 Å².